The monoisotopic (exact) mass is 490 g/mol. The first-order chi connectivity index (χ1) is 16.1. The summed E-state index contributed by atoms with van der Waals surface area (Å²) >= 11 is 6.00. The number of ketones is 1. The predicted molar refractivity (Wildman–Crippen MR) is 123 cm³/mol. The third kappa shape index (κ3) is 6.35. The second-order valence-electron chi connectivity index (χ2n) is 7.88. The summed E-state index contributed by atoms with van der Waals surface area (Å²) in [6.45, 7) is 3.34. The van der Waals surface area contributed by atoms with Crippen LogP contribution in [-0.4, -0.2) is 22.8 Å². The van der Waals surface area contributed by atoms with Crippen molar-refractivity contribution in [2.24, 2.45) is 5.92 Å². The quantitative estimate of drug-likeness (QED) is 0.302. The molecule has 0 saturated carbocycles. The summed E-state index contributed by atoms with van der Waals surface area (Å²) in [5.74, 6) is -1.15. The number of anilines is 1. The molecule has 0 fully saturated rings. The van der Waals surface area contributed by atoms with Gasteiger partial charge in [-0.25, -0.2) is 9.78 Å². The van der Waals surface area contributed by atoms with Gasteiger partial charge < -0.3 is 10.1 Å². The van der Waals surface area contributed by atoms with E-state index in [1.165, 1.54) is 6.07 Å². The minimum Gasteiger partial charge on any atom is -0.458 e. The van der Waals surface area contributed by atoms with Gasteiger partial charge >= 0.3 is 12.1 Å². The summed E-state index contributed by atoms with van der Waals surface area (Å²) in [7, 11) is 0. The molecule has 3 aromatic rings. The number of nitrogens with zero attached hydrogens (tertiary/aromatic N) is 1. The van der Waals surface area contributed by atoms with E-state index < -0.39 is 23.8 Å². The van der Waals surface area contributed by atoms with Crippen molar-refractivity contribution in [3.05, 3.63) is 94.3 Å². The third-order valence-corrected chi connectivity index (χ3v) is 5.28. The highest BCUT2D eigenvalue weighted by Gasteiger charge is 2.31. The lowest BCUT2D eigenvalue weighted by Crippen LogP contribution is -2.36. The smallest absolute Gasteiger partial charge is 0.416 e. The van der Waals surface area contributed by atoms with Gasteiger partial charge in [0.15, 0.2) is 0 Å². The molecule has 34 heavy (non-hydrogen) atoms. The van der Waals surface area contributed by atoms with Gasteiger partial charge in [-0.2, -0.15) is 13.2 Å². The number of hydrogen-bond acceptors (Lipinski definition) is 5. The Labute approximate surface area is 199 Å². The van der Waals surface area contributed by atoms with E-state index in [2.05, 4.69) is 10.3 Å². The molecule has 0 aliphatic heterocycles. The van der Waals surface area contributed by atoms with Gasteiger partial charge in [0, 0.05) is 5.56 Å². The van der Waals surface area contributed by atoms with Gasteiger partial charge in [0.25, 0.3) is 0 Å². The molecule has 1 atom stereocenters. The molecule has 1 unspecified atom stereocenters. The maximum atomic E-state index is 12.9. The van der Waals surface area contributed by atoms with Crippen LogP contribution < -0.4 is 5.32 Å². The largest absolute Gasteiger partial charge is 0.458 e. The predicted octanol–water partition coefficient (Wildman–Crippen LogP) is 6.16. The Kier molecular flexibility index (Phi) is 7.94. The lowest BCUT2D eigenvalue weighted by Gasteiger charge is -2.23. The first kappa shape index (κ1) is 25.2. The van der Waals surface area contributed by atoms with E-state index in [0.29, 0.717) is 11.3 Å². The second kappa shape index (κ2) is 10.7. The van der Waals surface area contributed by atoms with Crippen molar-refractivity contribution in [1.29, 1.82) is 0 Å². The van der Waals surface area contributed by atoms with E-state index in [4.69, 9.17) is 16.3 Å². The highest BCUT2D eigenvalue weighted by molar-refractivity contribution is 6.33. The third-order valence-electron chi connectivity index (χ3n) is 4.97. The van der Waals surface area contributed by atoms with Gasteiger partial charge in [-0.05, 0) is 36.2 Å². The van der Waals surface area contributed by atoms with Crippen molar-refractivity contribution in [2.45, 2.75) is 32.7 Å². The second-order valence-corrected chi connectivity index (χ2v) is 8.28. The zero-order chi connectivity index (χ0) is 24.9. The van der Waals surface area contributed by atoms with Crippen LogP contribution in [0.5, 0.6) is 0 Å². The lowest BCUT2D eigenvalue weighted by molar-refractivity contribution is -0.147. The van der Waals surface area contributed by atoms with Crippen molar-refractivity contribution in [1.82, 2.24) is 4.98 Å². The minimum atomic E-state index is -4.53. The Morgan fingerprint density at radius 2 is 1.74 bits per heavy atom. The van der Waals surface area contributed by atoms with E-state index in [1.54, 1.807) is 62.4 Å². The van der Waals surface area contributed by atoms with Crippen LogP contribution in [0.25, 0.3) is 0 Å². The van der Waals surface area contributed by atoms with Crippen molar-refractivity contribution < 1.29 is 27.5 Å². The number of halogens is 4. The molecule has 3 rings (SSSR count). The molecular formula is C25H22ClF3N2O3. The van der Waals surface area contributed by atoms with Crippen LogP contribution >= 0.6 is 11.6 Å². The van der Waals surface area contributed by atoms with Gasteiger partial charge in [-0.1, -0.05) is 61.8 Å². The van der Waals surface area contributed by atoms with E-state index in [9.17, 15) is 22.8 Å². The van der Waals surface area contributed by atoms with Crippen LogP contribution in [0.4, 0.5) is 18.9 Å². The summed E-state index contributed by atoms with van der Waals surface area (Å²) in [5, 5.41) is 2.70. The number of ether oxygens (including phenoxy) is 1. The topological polar surface area (TPSA) is 68.3 Å². The number of pyridine rings is 1. The number of benzene rings is 2. The highest BCUT2D eigenvalue weighted by atomic mass is 35.5. The fourth-order valence-corrected chi connectivity index (χ4v) is 3.37. The van der Waals surface area contributed by atoms with Gasteiger partial charge in [0.1, 0.15) is 18.3 Å². The molecule has 5 nitrogen and oxygen atoms in total. The summed E-state index contributed by atoms with van der Waals surface area (Å²) in [4.78, 5) is 29.6. The van der Waals surface area contributed by atoms with Crippen LogP contribution in [-0.2, 0) is 22.3 Å². The number of aromatic nitrogens is 1. The first-order valence-corrected chi connectivity index (χ1v) is 10.8. The Morgan fingerprint density at radius 1 is 1.03 bits per heavy atom. The van der Waals surface area contributed by atoms with Gasteiger partial charge in [-0.15, -0.1) is 0 Å². The van der Waals surface area contributed by atoms with Crippen molar-refractivity contribution >= 4 is 29.0 Å². The van der Waals surface area contributed by atoms with E-state index >= 15 is 0 Å². The van der Waals surface area contributed by atoms with E-state index in [1.807, 2.05) is 0 Å². The Bertz CT molecular complexity index is 1170. The van der Waals surface area contributed by atoms with E-state index in [-0.39, 0.29) is 34.7 Å². The average molecular weight is 491 g/mol. The molecule has 9 heteroatoms. The summed E-state index contributed by atoms with van der Waals surface area (Å²) in [6, 6.07) is 15.5. The molecule has 178 valence electrons. The number of carbonyl (C=O) groups is 2. The van der Waals surface area contributed by atoms with E-state index in [0.717, 1.165) is 12.1 Å². The number of hydrogen-bond donors (Lipinski definition) is 1. The maximum Gasteiger partial charge on any atom is 0.416 e. The van der Waals surface area contributed by atoms with Crippen molar-refractivity contribution in [3.8, 4) is 0 Å². The molecule has 0 aliphatic carbocycles. The number of carbonyl (C=O) groups excluding carboxylic acids is 2. The molecule has 0 spiro atoms. The first-order valence-electron chi connectivity index (χ1n) is 10.4. The lowest BCUT2D eigenvalue weighted by atomic mass is 10.0. The average Bonchev–Trinajstić information content (AvgIpc) is 2.81. The summed E-state index contributed by atoms with van der Waals surface area (Å²) < 4.78 is 44.0. The number of esters is 1. The number of alkyl halides is 3. The van der Waals surface area contributed by atoms with Gasteiger partial charge in [-0.3, -0.25) is 4.79 Å². The van der Waals surface area contributed by atoms with Crippen LogP contribution in [0.2, 0.25) is 5.02 Å². The molecular weight excluding hydrogens is 469 g/mol. The molecule has 2 aromatic carbocycles. The Balaban J connectivity index is 1.68. The van der Waals surface area contributed by atoms with Crippen LogP contribution in [0.3, 0.4) is 0 Å². The van der Waals surface area contributed by atoms with Crippen LogP contribution in [0.1, 0.15) is 41.2 Å². The van der Waals surface area contributed by atoms with Crippen molar-refractivity contribution in [3.63, 3.8) is 0 Å². The number of nitrogens with one attached hydrogen (secondary N) is 1. The fourth-order valence-electron chi connectivity index (χ4n) is 3.13. The maximum absolute atomic E-state index is 12.9. The standard InChI is InChI=1S/C25H22ClF3N2O3/c1-15(2)22(31-20-12-11-17(13-19(20)26)25(27,28)29)24(33)34-14-18-9-6-10-21(30-18)23(32)16-7-4-3-5-8-16/h3-13,15,22,31H,14H2,1-2H3. The molecule has 0 bridgehead atoms. The van der Waals surface area contributed by atoms with Crippen LogP contribution in [0, 0.1) is 5.92 Å². The minimum absolute atomic E-state index is 0.165. The molecule has 0 radical (unpaired) electrons. The summed E-state index contributed by atoms with van der Waals surface area (Å²) in [5.41, 5.74) is 0.378. The van der Waals surface area contributed by atoms with Crippen LogP contribution in [0.15, 0.2) is 66.7 Å². The van der Waals surface area contributed by atoms with Gasteiger partial charge in [0.05, 0.1) is 22.0 Å². The van der Waals surface area contributed by atoms with Gasteiger partial charge in [0.2, 0.25) is 5.78 Å². The molecule has 1 N–H and O–H groups in total. The molecule has 0 aliphatic rings. The number of rotatable bonds is 8. The zero-order valence-electron chi connectivity index (χ0n) is 18.4. The SMILES string of the molecule is CC(C)C(Nc1ccc(C(F)(F)F)cc1Cl)C(=O)OCc1cccc(C(=O)c2ccccc2)n1. The Hall–Kier alpha value is -3.39. The zero-order valence-corrected chi connectivity index (χ0v) is 19.2. The highest BCUT2D eigenvalue weighted by Crippen LogP contribution is 2.34. The molecule has 0 amide bonds. The molecule has 1 heterocycles. The summed E-state index contributed by atoms with van der Waals surface area (Å²) in [6.07, 6.45) is -4.53. The molecule has 0 saturated heterocycles. The normalized spacial score (nSPS) is 12.3. The van der Waals surface area contributed by atoms with Crippen molar-refractivity contribution in [2.75, 3.05) is 5.32 Å². The fraction of sp³-hybridized carbons (Fsp3) is 0.240. The molecule has 1 aromatic heterocycles. The Morgan fingerprint density at radius 3 is 2.35 bits per heavy atom.